The number of nitrogens with zero attached hydrogens (tertiary/aromatic N) is 1. The molecule has 1 aromatic rings. The molecule has 1 heterocycles. The van der Waals surface area contributed by atoms with E-state index in [4.69, 9.17) is 10.2 Å². The molecule has 1 atom stereocenters. The maximum atomic E-state index is 13.0. The van der Waals surface area contributed by atoms with Gasteiger partial charge in [0.25, 0.3) is 0 Å². The minimum atomic E-state index is -4.76. The number of hydrogen-bond donors (Lipinski definition) is 2. The molecule has 0 saturated carbocycles. The van der Waals surface area contributed by atoms with Gasteiger partial charge in [0, 0.05) is 19.6 Å². The van der Waals surface area contributed by atoms with E-state index in [1.807, 2.05) is 0 Å². The normalized spacial score (nSPS) is 23.4. The van der Waals surface area contributed by atoms with Crippen molar-refractivity contribution in [2.45, 2.75) is 25.7 Å². The van der Waals surface area contributed by atoms with E-state index in [1.54, 1.807) is 24.3 Å². The highest BCUT2D eigenvalue weighted by molar-refractivity contribution is 5.76. The van der Waals surface area contributed by atoms with Crippen molar-refractivity contribution < 1.29 is 28.2 Å². The molecule has 0 radical (unpaired) electrons. The number of benzene rings is 1. The lowest BCUT2D eigenvalue weighted by atomic mass is 9.86. The third-order valence-corrected chi connectivity index (χ3v) is 3.91. The van der Waals surface area contributed by atoms with Gasteiger partial charge in [-0.2, -0.15) is 13.2 Å². The highest BCUT2D eigenvalue weighted by Crippen LogP contribution is 2.45. The first-order chi connectivity index (χ1) is 9.78. The summed E-state index contributed by atoms with van der Waals surface area (Å²) in [6.45, 7) is -0.280. The zero-order valence-corrected chi connectivity index (χ0v) is 11.2. The summed E-state index contributed by atoms with van der Waals surface area (Å²) in [5.41, 5.74) is -1.16. The molecule has 21 heavy (non-hydrogen) atoms. The zero-order chi connectivity index (χ0) is 15.7. The summed E-state index contributed by atoms with van der Waals surface area (Å²) in [4.78, 5) is 12.6. The molecule has 1 aromatic carbocycles. The first-order valence-corrected chi connectivity index (χ1v) is 6.50. The predicted octanol–water partition coefficient (Wildman–Crippen LogP) is 2.02. The average molecular weight is 303 g/mol. The molecule has 0 aliphatic carbocycles. The summed E-state index contributed by atoms with van der Waals surface area (Å²) in [5.74, 6) is -1.81. The molecule has 1 saturated heterocycles. The molecule has 2 rings (SSSR count). The third-order valence-electron chi connectivity index (χ3n) is 3.91. The van der Waals surface area contributed by atoms with Gasteiger partial charge in [0.05, 0.1) is 6.61 Å². The standard InChI is InChI=1S/C14H16F3NO3/c15-14(16,17)13(12(20)21)5-6-18(9-13)7-10-1-3-11(8-19)4-2-10/h1-4,19H,5-9H2,(H,20,21). The monoisotopic (exact) mass is 303 g/mol. The van der Waals surface area contributed by atoms with Gasteiger partial charge in [-0.05, 0) is 17.5 Å². The van der Waals surface area contributed by atoms with Crippen molar-refractivity contribution >= 4 is 5.97 Å². The van der Waals surface area contributed by atoms with Crippen molar-refractivity contribution in [2.75, 3.05) is 13.1 Å². The molecule has 7 heteroatoms. The molecule has 0 spiro atoms. The fourth-order valence-electron chi connectivity index (χ4n) is 2.56. The van der Waals surface area contributed by atoms with Crippen LogP contribution in [-0.2, 0) is 17.9 Å². The number of carboxylic acids is 1. The van der Waals surface area contributed by atoms with Crippen molar-refractivity contribution in [3.05, 3.63) is 35.4 Å². The van der Waals surface area contributed by atoms with Crippen molar-refractivity contribution in [3.63, 3.8) is 0 Å². The lowest BCUT2D eigenvalue weighted by Crippen LogP contribution is -2.47. The summed E-state index contributed by atoms with van der Waals surface area (Å²) in [5, 5.41) is 17.9. The van der Waals surface area contributed by atoms with Crippen LogP contribution in [0.5, 0.6) is 0 Å². The smallest absolute Gasteiger partial charge is 0.406 e. The maximum Gasteiger partial charge on any atom is 0.406 e. The van der Waals surface area contributed by atoms with Crippen LogP contribution >= 0.6 is 0 Å². The van der Waals surface area contributed by atoms with E-state index in [1.165, 1.54) is 4.90 Å². The molecule has 1 aliphatic heterocycles. The van der Waals surface area contributed by atoms with E-state index in [0.29, 0.717) is 0 Å². The molecule has 116 valence electrons. The van der Waals surface area contributed by atoms with Crippen molar-refractivity contribution in [1.82, 2.24) is 4.90 Å². The molecule has 0 aromatic heterocycles. The van der Waals surface area contributed by atoms with Gasteiger partial charge in [0.1, 0.15) is 0 Å². The Morgan fingerprint density at radius 2 is 1.81 bits per heavy atom. The highest BCUT2D eigenvalue weighted by atomic mass is 19.4. The summed E-state index contributed by atoms with van der Waals surface area (Å²) < 4.78 is 39.1. The summed E-state index contributed by atoms with van der Waals surface area (Å²) in [6.07, 6.45) is -5.19. The van der Waals surface area contributed by atoms with Gasteiger partial charge in [0.2, 0.25) is 0 Å². The molecule has 2 N–H and O–H groups in total. The van der Waals surface area contributed by atoms with Crippen molar-refractivity contribution in [1.29, 1.82) is 0 Å². The van der Waals surface area contributed by atoms with Gasteiger partial charge >= 0.3 is 12.1 Å². The number of aliphatic hydroxyl groups excluding tert-OH is 1. The maximum absolute atomic E-state index is 13.0. The largest absolute Gasteiger partial charge is 0.481 e. The number of carbonyl (C=O) groups is 1. The van der Waals surface area contributed by atoms with Crippen LogP contribution in [0.15, 0.2) is 24.3 Å². The topological polar surface area (TPSA) is 60.8 Å². The van der Waals surface area contributed by atoms with Crippen LogP contribution in [0.3, 0.4) is 0 Å². The van der Waals surface area contributed by atoms with E-state index in [2.05, 4.69) is 0 Å². The van der Waals surface area contributed by atoms with Crippen LogP contribution in [0.4, 0.5) is 13.2 Å². The number of aliphatic carboxylic acids is 1. The Morgan fingerprint density at radius 3 is 2.24 bits per heavy atom. The second-order valence-corrected chi connectivity index (χ2v) is 5.32. The lowest BCUT2D eigenvalue weighted by molar-refractivity contribution is -0.227. The van der Waals surface area contributed by atoms with Crippen molar-refractivity contribution in [2.24, 2.45) is 5.41 Å². The Morgan fingerprint density at radius 1 is 1.24 bits per heavy atom. The molecular formula is C14H16F3NO3. The van der Waals surface area contributed by atoms with E-state index >= 15 is 0 Å². The molecule has 0 bridgehead atoms. The number of likely N-dealkylation sites (tertiary alicyclic amines) is 1. The Bertz CT molecular complexity index is 515. The fraction of sp³-hybridized carbons (Fsp3) is 0.500. The van der Waals surface area contributed by atoms with Crippen LogP contribution < -0.4 is 0 Å². The third kappa shape index (κ3) is 3.03. The number of rotatable bonds is 4. The van der Waals surface area contributed by atoms with Gasteiger partial charge in [0.15, 0.2) is 5.41 Å². The molecule has 1 unspecified atom stereocenters. The van der Waals surface area contributed by atoms with Crippen molar-refractivity contribution in [3.8, 4) is 0 Å². The number of halogens is 3. The Hall–Kier alpha value is -1.60. The summed E-state index contributed by atoms with van der Waals surface area (Å²) in [7, 11) is 0. The second kappa shape index (κ2) is 5.65. The number of carboxylic acid groups (broad SMARTS) is 1. The zero-order valence-electron chi connectivity index (χ0n) is 11.2. The number of hydrogen-bond acceptors (Lipinski definition) is 3. The lowest BCUT2D eigenvalue weighted by Gasteiger charge is -2.27. The van der Waals surface area contributed by atoms with E-state index in [0.717, 1.165) is 11.1 Å². The highest BCUT2D eigenvalue weighted by Gasteiger charge is 2.63. The fourth-order valence-corrected chi connectivity index (χ4v) is 2.56. The van der Waals surface area contributed by atoms with Gasteiger partial charge in [-0.1, -0.05) is 24.3 Å². The quantitative estimate of drug-likeness (QED) is 0.893. The molecule has 4 nitrogen and oxygen atoms in total. The van der Waals surface area contributed by atoms with Gasteiger partial charge in [-0.25, -0.2) is 0 Å². The van der Waals surface area contributed by atoms with Crippen LogP contribution in [0.1, 0.15) is 17.5 Å². The van der Waals surface area contributed by atoms with Crippen LogP contribution in [0.2, 0.25) is 0 Å². The summed E-state index contributed by atoms with van der Waals surface area (Å²) >= 11 is 0. The van der Waals surface area contributed by atoms with Gasteiger partial charge in [-0.15, -0.1) is 0 Å². The molecular weight excluding hydrogens is 287 g/mol. The molecule has 1 fully saturated rings. The number of aliphatic hydroxyl groups is 1. The molecule has 0 amide bonds. The van der Waals surface area contributed by atoms with E-state index in [9.17, 15) is 18.0 Å². The van der Waals surface area contributed by atoms with E-state index in [-0.39, 0.29) is 19.7 Å². The summed E-state index contributed by atoms with van der Waals surface area (Å²) in [6, 6.07) is 6.83. The Balaban J connectivity index is 2.09. The van der Waals surface area contributed by atoms with Crippen LogP contribution in [0, 0.1) is 5.41 Å². The molecule has 1 aliphatic rings. The van der Waals surface area contributed by atoms with Crippen LogP contribution in [0.25, 0.3) is 0 Å². The second-order valence-electron chi connectivity index (χ2n) is 5.32. The minimum Gasteiger partial charge on any atom is -0.481 e. The Labute approximate surface area is 119 Å². The average Bonchev–Trinajstić information content (AvgIpc) is 2.84. The van der Waals surface area contributed by atoms with Crippen LogP contribution in [-0.4, -0.2) is 40.3 Å². The predicted molar refractivity (Wildman–Crippen MR) is 68.4 cm³/mol. The minimum absolute atomic E-state index is 0.0908. The van der Waals surface area contributed by atoms with Gasteiger partial charge in [-0.3, -0.25) is 9.69 Å². The Kier molecular flexibility index (Phi) is 4.25. The van der Waals surface area contributed by atoms with Gasteiger partial charge < -0.3 is 10.2 Å². The van der Waals surface area contributed by atoms with E-state index < -0.39 is 30.5 Å². The first-order valence-electron chi connectivity index (χ1n) is 6.50. The first kappa shape index (κ1) is 15.8. The number of alkyl halides is 3. The SMILES string of the molecule is O=C(O)C1(C(F)(F)F)CCN(Cc2ccc(CO)cc2)C1.